The van der Waals surface area contributed by atoms with Gasteiger partial charge in [-0.3, -0.25) is 0 Å². The predicted octanol–water partition coefficient (Wildman–Crippen LogP) is 1.06. The van der Waals surface area contributed by atoms with Crippen LogP contribution in [0.4, 0.5) is 0 Å². The second kappa shape index (κ2) is 4.31. The van der Waals surface area contributed by atoms with Crippen molar-refractivity contribution < 1.29 is 9.47 Å². The van der Waals surface area contributed by atoms with Crippen LogP contribution in [-0.2, 0) is 21.5 Å². The molecule has 1 aliphatic rings. The Hall–Kier alpha value is -0.900. The summed E-state index contributed by atoms with van der Waals surface area (Å²) in [5.74, 6) is 0. The molecule has 1 aromatic rings. The highest BCUT2D eigenvalue weighted by Gasteiger charge is 2.36. The predicted molar refractivity (Wildman–Crippen MR) is 58.7 cm³/mol. The molecule has 0 spiro atoms. The Kier molecular flexibility index (Phi) is 3.05. The van der Waals surface area contributed by atoms with Gasteiger partial charge < -0.3 is 15.2 Å². The highest BCUT2D eigenvalue weighted by molar-refractivity contribution is 5.35. The van der Waals surface area contributed by atoms with Gasteiger partial charge in [0.25, 0.3) is 0 Å². The van der Waals surface area contributed by atoms with E-state index in [1.807, 2.05) is 6.07 Å². The largest absolute Gasteiger partial charge is 0.381 e. The lowest BCUT2D eigenvalue weighted by Crippen LogP contribution is -2.45. The SMILES string of the molecule is COC[C@]1(CN)OCCc2ccccc21. The molecule has 0 aliphatic carbocycles. The molecular weight excluding hydrogens is 190 g/mol. The molecule has 1 atom stereocenters. The molecule has 0 radical (unpaired) electrons. The number of nitrogens with two attached hydrogens (primary N) is 1. The third kappa shape index (κ3) is 1.78. The summed E-state index contributed by atoms with van der Waals surface area (Å²) in [7, 11) is 1.68. The zero-order valence-electron chi connectivity index (χ0n) is 9.03. The van der Waals surface area contributed by atoms with E-state index in [1.54, 1.807) is 7.11 Å². The fraction of sp³-hybridized carbons (Fsp3) is 0.500. The van der Waals surface area contributed by atoms with Gasteiger partial charge in [-0.2, -0.15) is 0 Å². The maximum absolute atomic E-state index is 5.83. The van der Waals surface area contributed by atoms with E-state index in [4.69, 9.17) is 15.2 Å². The topological polar surface area (TPSA) is 44.5 Å². The van der Waals surface area contributed by atoms with Gasteiger partial charge in [0.15, 0.2) is 0 Å². The summed E-state index contributed by atoms with van der Waals surface area (Å²) in [5.41, 5.74) is 7.90. The van der Waals surface area contributed by atoms with Crippen molar-refractivity contribution in [2.24, 2.45) is 5.73 Å². The Morgan fingerprint density at radius 3 is 3.00 bits per heavy atom. The third-order valence-electron chi connectivity index (χ3n) is 2.97. The number of benzene rings is 1. The summed E-state index contributed by atoms with van der Waals surface area (Å²) in [6, 6.07) is 8.30. The molecule has 82 valence electrons. The molecule has 0 amide bonds. The van der Waals surface area contributed by atoms with Crippen LogP contribution in [0.15, 0.2) is 24.3 Å². The van der Waals surface area contributed by atoms with Crippen molar-refractivity contribution in [2.45, 2.75) is 12.0 Å². The standard InChI is InChI=1S/C12H17NO2/c1-14-9-12(8-13)11-5-3-2-4-10(11)6-7-15-12/h2-5H,6-9,13H2,1H3/t12-/m0/s1. The van der Waals surface area contributed by atoms with Crippen LogP contribution >= 0.6 is 0 Å². The lowest BCUT2D eigenvalue weighted by atomic mass is 9.87. The highest BCUT2D eigenvalue weighted by Crippen LogP contribution is 2.32. The van der Waals surface area contributed by atoms with Crippen molar-refractivity contribution in [2.75, 3.05) is 26.9 Å². The molecule has 2 N–H and O–H groups in total. The van der Waals surface area contributed by atoms with Gasteiger partial charge >= 0.3 is 0 Å². The molecule has 0 saturated heterocycles. The van der Waals surface area contributed by atoms with Gasteiger partial charge in [-0.1, -0.05) is 24.3 Å². The van der Waals surface area contributed by atoms with Crippen molar-refractivity contribution >= 4 is 0 Å². The zero-order valence-corrected chi connectivity index (χ0v) is 9.03. The normalized spacial score (nSPS) is 24.9. The molecule has 1 heterocycles. The molecule has 0 fully saturated rings. The molecule has 3 heteroatoms. The first kappa shape index (κ1) is 10.6. The zero-order chi connectivity index (χ0) is 10.7. The Labute approximate surface area is 90.2 Å². The molecule has 1 aliphatic heterocycles. The van der Waals surface area contributed by atoms with Gasteiger partial charge in [0.2, 0.25) is 0 Å². The Morgan fingerprint density at radius 2 is 2.27 bits per heavy atom. The van der Waals surface area contributed by atoms with Crippen molar-refractivity contribution in [3.05, 3.63) is 35.4 Å². The van der Waals surface area contributed by atoms with E-state index in [-0.39, 0.29) is 0 Å². The van der Waals surface area contributed by atoms with E-state index in [0.717, 1.165) is 13.0 Å². The summed E-state index contributed by atoms with van der Waals surface area (Å²) in [6.45, 7) is 1.69. The Balaban J connectivity index is 2.42. The van der Waals surface area contributed by atoms with E-state index in [1.165, 1.54) is 11.1 Å². The minimum atomic E-state index is -0.441. The molecule has 3 nitrogen and oxygen atoms in total. The molecule has 2 rings (SSSR count). The second-order valence-corrected chi connectivity index (χ2v) is 3.89. The van der Waals surface area contributed by atoms with E-state index < -0.39 is 5.60 Å². The van der Waals surface area contributed by atoms with Crippen molar-refractivity contribution in [1.82, 2.24) is 0 Å². The highest BCUT2D eigenvalue weighted by atomic mass is 16.5. The van der Waals surface area contributed by atoms with Crippen LogP contribution in [0, 0.1) is 0 Å². The summed E-state index contributed by atoms with van der Waals surface area (Å²) in [5, 5.41) is 0. The number of hydrogen-bond donors (Lipinski definition) is 1. The van der Waals surface area contributed by atoms with Crippen LogP contribution in [0.1, 0.15) is 11.1 Å². The molecule has 0 saturated carbocycles. The van der Waals surface area contributed by atoms with Crippen molar-refractivity contribution in [3.63, 3.8) is 0 Å². The summed E-state index contributed by atoms with van der Waals surface area (Å²) >= 11 is 0. The van der Waals surface area contributed by atoms with Gasteiger partial charge in [-0.05, 0) is 17.5 Å². The van der Waals surface area contributed by atoms with Gasteiger partial charge in [0.05, 0.1) is 13.2 Å². The van der Waals surface area contributed by atoms with E-state index in [2.05, 4.69) is 18.2 Å². The Bertz CT molecular complexity index is 340. The second-order valence-electron chi connectivity index (χ2n) is 3.89. The van der Waals surface area contributed by atoms with Crippen LogP contribution in [0.25, 0.3) is 0 Å². The minimum absolute atomic E-state index is 0.441. The molecular formula is C12H17NO2. The molecule has 0 bridgehead atoms. The van der Waals surface area contributed by atoms with E-state index in [0.29, 0.717) is 13.2 Å². The third-order valence-corrected chi connectivity index (χ3v) is 2.97. The van der Waals surface area contributed by atoms with Crippen LogP contribution in [0.2, 0.25) is 0 Å². The summed E-state index contributed by atoms with van der Waals surface area (Å²) in [6.07, 6.45) is 0.960. The number of rotatable bonds is 3. The fourth-order valence-corrected chi connectivity index (χ4v) is 2.20. The lowest BCUT2D eigenvalue weighted by Gasteiger charge is -2.37. The number of methoxy groups -OCH3 is 1. The smallest absolute Gasteiger partial charge is 0.129 e. The molecule has 1 aromatic carbocycles. The first-order chi connectivity index (χ1) is 7.32. The fourth-order valence-electron chi connectivity index (χ4n) is 2.20. The first-order valence-electron chi connectivity index (χ1n) is 5.24. The summed E-state index contributed by atoms with van der Waals surface area (Å²) < 4.78 is 11.1. The van der Waals surface area contributed by atoms with Gasteiger partial charge in [-0.25, -0.2) is 0 Å². The average molecular weight is 207 g/mol. The minimum Gasteiger partial charge on any atom is -0.381 e. The molecule has 0 unspecified atom stereocenters. The number of ether oxygens (including phenoxy) is 2. The monoisotopic (exact) mass is 207 g/mol. The van der Waals surface area contributed by atoms with Gasteiger partial charge in [-0.15, -0.1) is 0 Å². The van der Waals surface area contributed by atoms with E-state index in [9.17, 15) is 0 Å². The molecule has 0 aromatic heterocycles. The van der Waals surface area contributed by atoms with Crippen LogP contribution < -0.4 is 5.73 Å². The van der Waals surface area contributed by atoms with E-state index >= 15 is 0 Å². The lowest BCUT2D eigenvalue weighted by molar-refractivity contribution is -0.0963. The maximum Gasteiger partial charge on any atom is 0.129 e. The maximum atomic E-state index is 5.83. The Morgan fingerprint density at radius 1 is 1.47 bits per heavy atom. The van der Waals surface area contributed by atoms with Crippen LogP contribution in [0.3, 0.4) is 0 Å². The van der Waals surface area contributed by atoms with Gasteiger partial charge in [0, 0.05) is 13.7 Å². The first-order valence-corrected chi connectivity index (χ1v) is 5.24. The van der Waals surface area contributed by atoms with Crippen molar-refractivity contribution in [1.29, 1.82) is 0 Å². The molecule has 15 heavy (non-hydrogen) atoms. The number of hydrogen-bond acceptors (Lipinski definition) is 3. The average Bonchev–Trinajstić information content (AvgIpc) is 2.30. The van der Waals surface area contributed by atoms with Crippen LogP contribution in [-0.4, -0.2) is 26.9 Å². The van der Waals surface area contributed by atoms with Crippen LogP contribution in [0.5, 0.6) is 0 Å². The summed E-state index contributed by atoms with van der Waals surface area (Å²) in [4.78, 5) is 0. The number of fused-ring (bicyclic) bond motifs is 1. The van der Waals surface area contributed by atoms with Crippen molar-refractivity contribution in [3.8, 4) is 0 Å². The quantitative estimate of drug-likeness (QED) is 0.806. The van der Waals surface area contributed by atoms with Gasteiger partial charge in [0.1, 0.15) is 5.60 Å².